The van der Waals surface area contributed by atoms with Crippen molar-refractivity contribution in [1.29, 1.82) is 0 Å². The van der Waals surface area contributed by atoms with Crippen molar-refractivity contribution in [2.45, 2.75) is 0 Å². The first-order valence-electron chi connectivity index (χ1n) is 4.26. The second kappa shape index (κ2) is 4.06. The molecular formula is C9H8BrNO4. The van der Waals surface area contributed by atoms with E-state index in [4.69, 9.17) is 9.47 Å². The van der Waals surface area contributed by atoms with Crippen LogP contribution in [0.4, 0.5) is 0 Å². The summed E-state index contributed by atoms with van der Waals surface area (Å²) in [5, 5.41) is 0. The van der Waals surface area contributed by atoms with E-state index in [0.717, 1.165) is 0 Å². The summed E-state index contributed by atoms with van der Waals surface area (Å²) >= 11 is 3.27. The SMILES string of the molecule is COC(=O)c1ncc(Br)c2c1OCCO2. The molecule has 80 valence electrons. The minimum absolute atomic E-state index is 0.135. The quantitative estimate of drug-likeness (QED) is 0.724. The monoisotopic (exact) mass is 273 g/mol. The molecule has 0 radical (unpaired) electrons. The lowest BCUT2D eigenvalue weighted by molar-refractivity contribution is 0.0582. The number of esters is 1. The van der Waals surface area contributed by atoms with Crippen LogP contribution in [0.3, 0.4) is 0 Å². The summed E-state index contributed by atoms with van der Waals surface area (Å²) in [6, 6.07) is 0. The molecule has 0 fully saturated rings. The van der Waals surface area contributed by atoms with Crippen molar-refractivity contribution in [3.05, 3.63) is 16.4 Å². The van der Waals surface area contributed by atoms with Crippen LogP contribution in [0.15, 0.2) is 10.7 Å². The Hall–Kier alpha value is -1.30. The average Bonchev–Trinajstić information content (AvgIpc) is 2.29. The highest BCUT2D eigenvalue weighted by Gasteiger charge is 2.24. The summed E-state index contributed by atoms with van der Waals surface area (Å²) < 4.78 is 16.0. The van der Waals surface area contributed by atoms with Gasteiger partial charge in [-0.2, -0.15) is 0 Å². The molecule has 1 aromatic rings. The lowest BCUT2D eigenvalue weighted by Crippen LogP contribution is -2.19. The molecule has 1 aromatic heterocycles. The Balaban J connectivity index is 2.52. The van der Waals surface area contributed by atoms with Crippen molar-refractivity contribution in [3.8, 4) is 11.5 Å². The van der Waals surface area contributed by atoms with Gasteiger partial charge in [0.1, 0.15) is 13.2 Å². The molecule has 5 nitrogen and oxygen atoms in total. The van der Waals surface area contributed by atoms with Crippen LogP contribution in [0.25, 0.3) is 0 Å². The van der Waals surface area contributed by atoms with E-state index >= 15 is 0 Å². The van der Waals surface area contributed by atoms with Crippen molar-refractivity contribution in [2.75, 3.05) is 20.3 Å². The minimum atomic E-state index is -0.538. The van der Waals surface area contributed by atoms with Crippen LogP contribution < -0.4 is 9.47 Å². The van der Waals surface area contributed by atoms with Crippen molar-refractivity contribution in [3.63, 3.8) is 0 Å². The molecule has 2 heterocycles. The third kappa shape index (κ3) is 1.77. The zero-order valence-corrected chi connectivity index (χ0v) is 9.54. The third-order valence-corrected chi connectivity index (χ3v) is 2.46. The lowest BCUT2D eigenvalue weighted by Gasteiger charge is -2.20. The summed E-state index contributed by atoms with van der Waals surface area (Å²) in [6.07, 6.45) is 1.49. The molecule has 0 spiro atoms. The fourth-order valence-electron chi connectivity index (χ4n) is 1.25. The molecule has 1 aliphatic rings. The molecule has 0 amide bonds. The third-order valence-electron chi connectivity index (χ3n) is 1.90. The Labute approximate surface area is 94.5 Å². The van der Waals surface area contributed by atoms with Gasteiger partial charge in [0, 0.05) is 6.20 Å². The highest BCUT2D eigenvalue weighted by Crippen LogP contribution is 2.38. The smallest absolute Gasteiger partial charge is 0.360 e. The van der Waals surface area contributed by atoms with Gasteiger partial charge in [-0.25, -0.2) is 9.78 Å². The number of hydrogen-bond donors (Lipinski definition) is 0. The molecule has 15 heavy (non-hydrogen) atoms. The van der Waals surface area contributed by atoms with Gasteiger partial charge in [0.25, 0.3) is 0 Å². The molecule has 0 saturated heterocycles. The molecular weight excluding hydrogens is 266 g/mol. The minimum Gasteiger partial charge on any atom is -0.485 e. The van der Waals surface area contributed by atoms with Crippen LogP contribution in [0.5, 0.6) is 11.5 Å². The van der Waals surface area contributed by atoms with Gasteiger partial charge in [-0.1, -0.05) is 0 Å². The van der Waals surface area contributed by atoms with E-state index in [1.165, 1.54) is 13.3 Å². The Morgan fingerprint density at radius 1 is 1.47 bits per heavy atom. The molecule has 0 aromatic carbocycles. The standard InChI is InChI=1S/C9H8BrNO4/c1-13-9(12)6-8-7(5(10)4-11-6)14-2-3-15-8/h4H,2-3H2,1H3. The van der Waals surface area contributed by atoms with E-state index < -0.39 is 5.97 Å². The van der Waals surface area contributed by atoms with Crippen LogP contribution in [-0.2, 0) is 4.74 Å². The fraction of sp³-hybridized carbons (Fsp3) is 0.333. The molecule has 0 unspecified atom stereocenters. The van der Waals surface area contributed by atoms with E-state index in [9.17, 15) is 4.79 Å². The number of fused-ring (bicyclic) bond motifs is 1. The van der Waals surface area contributed by atoms with Gasteiger partial charge < -0.3 is 14.2 Å². The second-order valence-electron chi connectivity index (χ2n) is 2.80. The van der Waals surface area contributed by atoms with E-state index in [0.29, 0.717) is 29.2 Å². The van der Waals surface area contributed by atoms with Gasteiger partial charge in [-0.05, 0) is 15.9 Å². The van der Waals surface area contributed by atoms with Crippen LogP contribution in [0.1, 0.15) is 10.5 Å². The highest BCUT2D eigenvalue weighted by molar-refractivity contribution is 9.10. The van der Waals surface area contributed by atoms with Crippen molar-refractivity contribution >= 4 is 21.9 Å². The molecule has 6 heteroatoms. The van der Waals surface area contributed by atoms with Gasteiger partial charge in [-0.15, -0.1) is 0 Å². The van der Waals surface area contributed by atoms with E-state index in [1.54, 1.807) is 0 Å². The van der Waals surface area contributed by atoms with Crippen molar-refractivity contribution < 1.29 is 19.0 Å². The van der Waals surface area contributed by atoms with Gasteiger partial charge >= 0.3 is 5.97 Å². The number of ether oxygens (including phenoxy) is 3. The number of carbonyl (C=O) groups is 1. The maximum absolute atomic E-state index is 11.4. The molecule has 0 bridgehead atoms. The topological polar surface area (TPSA) is 57.7 Å². The van der Waals surface area contributed by atoms with Crippen molar-refractivity contribution in [2.24, 2.45) is 0 Å². The van der Waals surface area contributed by atoms with Crippen LogP contribution in [0.2, 0.25) is 0 Å². The predicted molar refractivity (Wildman–Crippen MR) is 54.3 cm³/mol. The normalized spacial score (nSPS) is 13.5. The molecule has 1 aliphatic heterocycles. The Bertz CT molecular complexity index is 407. The molecule has 0 saturated carbocycles. The van der Waals surface area contributed by atoms with Crippen LogP contribution >= 0.6 is 15.9 Å². The molecule has 0 atom stereocenters. The first-order chi connectivity index (χ1) is 7.24. The van der Waals surface area contributed by atoms with E-state index in [2.05, 4.69) is 25.7 Å². The highest BCUT2D eigenvalue weighted by atomic mass is 79.9. The Morgan fingerprint density at radius 3 is 2.80 bits per heavy atom. The largest absolute Gasteiger partial charge is 0.485 e. The van der Waals surface area contributed by atoms with E-state index in [1.807, 2.05) is 0 Å². The first kappa shape index (κ1) is 10.2. The van der Waals surface area contributed by atoms with Gasteiger partial charge in [0.05, 0.1) is 11.6 Å². The molecule has 0 aliphatic carbocycles. The van der Waals surface area contributed by atoms with Gasteiger partial charge in [-0.3, -0.25) is 0 Å². The summed E-state index contributed by atoms with van der Waals surface area (Å²) in [4.78, 5) is 15.3. The van der Waals surface area contributed by atoms with Gasteiger partial charge in [0.2, 0.25) is 0 Å². The average molecular weight is 274 g/mol. The maximum atomic E-state index is 11.4. The molecule has 0 N–H and O–H groups in total. The molecule has 2 rings (SSSR count). The Morgan fingerprint density at radius 2 is 2.13 bits per heavy atom. The number of methoxy groups -OCH3 is 1. The zero-order valence-electron chi connectivity index (χ0n) is 7.95. The number of carbonyl (C=O) groups excluding carboxylic acids is 1. The fourth-order valence-corrected chi connectivity index (χ4v) is 1.65. The number of hydrogen-bond acceptors (Lipinski definition) is 5. The van der Waals surface area contributed by atoms with Crippen molar-refractivity contribution in [1.82, 2.24) is 4.98 Å². The lowest BCUT2D eigenvalue weighted by atomic mass is 10.3. The number of aromatic nitrogens is 1. The van der Waals surface area contributed by atoms with Gasteiger partial charge in [0.15, 0.2) is 17.2 Å². The summed E-state index contributed by atoms with van der Waals surface area (Å²) in [7, 11) is 1.29. The predicted octanol–water partition coefficient (Wildman–Crippen LogP) is 1.40. The van der Waals surface area contributed by atoms with Crippen LogP contribution in [0, 0.1) is 0 Å². The summed E-state index contributed by atoms with van der Waals surface area (Å²) in [5.74, 6) is 0.295. The number of halogens is 1. The Kier molecular flexibility index (Phi) is 2.77. The summed E-state index contributed by atoms with van der Waals surface area (Å²) in [5.41, 5.74) is 0.135. The second-order valence-corrected chi connectivity index (χ2v) is 3.66. The zero-order chi connectivity index (χ0) is 10.8. The number of pyridine rings is 1. The maximum Gasteiger partial charge on any atom is 0.360 e. The number of rotatable bonds is 1. The van der Waals surface area contributed by atoms with Crippen LogP contribution in [-0.4, -0.2) is 31.3 Å². The number of nitrogens with zero attached hydrogens (tertiary/aromatic N) is 1. The van der Waals surface area contributed by atoms with E-state index in [-0.39, 0.29) is 5.69 Å². The first-order valence-corrected chi connectivity index (χ1v) is 5.05. The summed E-state index contributed by atoms with van der Waals surface area (Å²) in [6.45, 7) is 0.853.